The van der Waals surface area contributed by atoms with Crippen LogP contribution in [0, 0.1) is 0 Å². The van der Waals surface area contributed by atoms with Crippen LogP contribution in [0.4, 0.5) is 24.5 Å². The number of nitrogens with zero attached hydrogens (tertiary/aromatic N) is 1. The van der Waals surface area contributed by atoms with Crippen molar-refractivity contribution in [2.75, 3.05) is 17.2 Å². The molecule has 2 aromatic rings. The number of imide groups is 1. The average molecular weight is 498 g/mol. The van der Waals surface area contributed by atoms with Gasteiger partial charge in [-0.3, -0.25) is 24.1 Å². The van der Waals surface area contributed by atoms with Crippen molar-refractivity contribution in [2.24, 2.45) is 0 Å². The van der Waals surface area contributed by atoms with Crippen LogP contribution in [0.1, 0.15) is 33.6 Å². The number of nitrogens with one attached hydrogen (secondary N) is 2. The second-order valence-corrected chi connectivity index (χ2v) is 7.55. The standard InChI is InChI=1S/C20H15BrF3N3O4/c21-11-6-7-14-15(9-11)18(30)27(17(14)29)8-2-5-16(28)25-12-3-1-4-13(10-12)26-19(31)20(22,23)24/h1,3-4,6-7,9-10H,2,5,8H2,(H,25,28)(H,26,31). The highest BCUT2D eigenvalue weighted by atomic mass is 79.9. The van der Waals surface area contributed by atoms with Crippen molar-refractivity contribution in [1.29, 1.82) is 0 Å². The number of fused-ring (bicyclic) bond motifs is 1. The molecule has 31 heavy (non-hydrogen) atoms. The van der Waals surface area contributed by atoms with E-state index in [1.54, 1.807) is 23.5 Å². The molecule has 0 saturated heterocycles. The monoisotopic (exact) mass is 497 g/mol. The van der Waals surface area contributed by atoms with E-state index in [1.165, 1.54) is 24.3 Å². The zero-order chi connectivity index (χ0) is 22.8. The fourth-order valence-electron chi connectivity index (χ4n) is 2.96. The highest BCUT2D eigenvalue weighted by Crippen LogP contribution is 2.26. The lowest BCUT2D eigenvalue weighted by Gasteiger charge is -2.13. The van der Waals surface area contributed by atoms with Gasteiger partial charge in [0.25, 0.3) is 11.8 Å². The number of carbonyl (C=O) groups excluding carboxylic acids is 4. The number of benzene rings is 2. The van der Waals surface area contributed by atoms with Gasteiger partial charge in [-0.25, -0.2) is 0 Å². The van der Waals surface area contributed by atoms with Crippen LogP contribution >= 0.6 is 15.9 Å². The summed E-state index contributed by atoms with van der Waals surface area (Å²) in [6, 6.07) is 10.0. The molecule has 4 amide bonds. The molecule has 0 unspecified atom stereocenters. The Morgan fingerprint density at radius 2 is 1.58 bits per heavy atom. The van der Waals surface area contributed by atoms with E-state index in [2.05, 4.69) is 21.2 Å². The number of carbonyl (C=O) groups is 4. The van der Waals surface area contributed by atoms with Crippen molar-refractivity contribution in [3.05, 3.63) is 58.1 Å². The predicted molar refractivity (Wildman–Crippen MR) is 108 cm³/mol. The molecule has 0 bridgehead atoms. The van der Waals surface area contributed by atoms with Crippen LogP contribution in [0.3, 0.4) is 0 Å². The van der Waals surface area contributed by atoms with Gasteiger partial charge in [0.05, 0.1) is 11.1 Å². The molecule has 0 spiro atoms. The summed E-state index contributed by atoms with van der Waals surface area (Å²) in [6.45, 7) is 0.0407. The van der Waals surface area contributed by atoms with E-state index in [-0.39, 0.29) is 30.8 Å². The van der Waals surface area contributed by atoms with Gasteiger partial charge in [-0.05, 0) is 42.8 Å². The Balaban J connectivity index is 1.52. The minimum Gasteiger partial charge on any atom is -0.326 e. The first-order valence-corrected chi connectivity index (χ1v) is 9.79. The smallest absolute Gasteiger partial charge is 0.326 e. The Hall–Kier alpha value is -3.21. The van der Waals surface area contributed by atoms with Gasteiger partial charge in [0.15, 0.2) is 0 Å². The second-order valence-electron chi connectivity index (χ2n) is 6.64. The SMILES string of the molecule is O=C(CCCN1C(=O)c2ccc(Br)cc2C1=O)Nc1cccc(NC(=O)C(F)(F)F)c1. The lowest BCUT2D eigenvalue weighted by atomic mass is 10.1. The van der Waals surface area contributed by atoms with Crippen LogP contribution in [-0.2, 0) is 9.59 Å². The third kappa shape index (κ3) is 5.29. The fraction of sp³-hybridized carbons (Fsp3) is 0.200. The normalized spacial score (nSPS) is 13.2. The molecule has 2 N–H and O–H groups in total. The lowest BCUT2D eigenvalue weighted by molar-refractivity contribution is -0.167. The third-order valence-corrected chi connectivity index (χ3v) is 4.87. The lowest BCUT2D eigenvalue weighted by Crippen LogP contribution is -2.31. The van der Waals surface area contributed by atoms with Crippen molar-refractivity contribution in [3.63, 3.8) is 0 Å². The third-order valence-electron chi connectivity index (χ3n) is 4.38. The van der Waals surface area contributed by atoms with E-state index < -0.39 is 29.8 Å². The molecule has 11 heteroatoms. The Kier molecular flexibility index (Phi) is 6.44. The van der Waals surface area contributed by atoms with Gasteiger partial charge in [-0.1, -0.05) is 22.0 Å². The molecule has 3 rings (SSSR count). The summed E-state index contributed by atoms with van der Waals surface area (Å²) in [5, 5.41) is 4.20. The maximum Gasteiger partial charge on any atom is 0.471 e. The van der Waals surface area contributed by atoms with Crippen molar-refractivity contribution in [1.82, 2.24) is 4.90 Å². The predicted octanol–water partition coefficient (Wildman–Crippen LogP) is 3.96. The summed E-state index contributed by atoms with van der Waals surface area (Å²) >= 11 is 3.25. The van der Waals surface area contributed by atoms with E-state index in [0.29, 0.717) is 15.6 Å². The zero-order valence-electron chi connectivity index (χ0n) is 15.8. The van der Waals surface area contributed by atoms with Gasteiger partial charge < -0.3 is 10.6 Å². The zero-order valence-corrected chi connectivity index (χ0v) is 17.3. The van der Waals surface area contributed by atoms with Crippen molar-refractivity contribution in [2.45, 2.75) is 19.0 Å². The molecular formula is C20H15BrF3N3O4. The van der Waals surface area contributed by atoms with Crippen LogP contribution in [0.15, 0.2) is 46.9 Å². The molecule has 0 radical (unpaired) electrons. The molecule has 7 nitrogen and oxygen atoms in total. The highest BCUT2D eigenvalue weighted by Gasteiger charge is 2.38. The van der Waals surface area contributed by atoms with Crippen LogP contribution < -0.4 is 10.6 Å². The highest BCUT2D eigenvalue weighted by molar-refractivity contribution is 9.10. The molecule has 0 aliphatic carbocycles. The number of hydrogen-bond donors (Lipinski definition) is 2. The number of halogens is 4. The first kappa shape index (κ1) is 22.5. The quantitative estimate of drug-likeness (QED) is 0.590. The number of anilines is 2. The average Bonchev–Trinajstić information content (AvgIpc) is 2.91. The minimum atomic E-state index is -5.03. The molecule has 0 atom stereocenters. The van der Waals surface area contributed by atoms with E-state index >= 15 is 0 Å². The maximum absolute atomic E-state index is 12.4. The van der Waals surface area contributed by atoms with Crippen LogP contribution in [0.5, 0.6) is 0 Å². The van der Waals surface area contributed by atoms with Crippen LogP contribution in [0.25, 0.3) is 0 Å². The fourth-order valence-corrected chi connectivity index (χ4v) is 3.32. The van der Waals surface area contributed by atoms with Gasteiger partial charge in [-0.15, -0.1) is 0 Å². The Morgan fingerprint density at radius 3 is 2.26 bits per heavy atom. The summed E-state index contributed by atoms with van der Waals surface area (Å²) in [5.74, 6) is -3.45. The van der Waals surface area contributed by atoms with Gasteiger partial charge in [0, 0.05) is 28.8 Å². The van der Waals surface area contributed by atoms with E-state index in [9.17, 15) is 32.3 Å². The van der Waals surface area contributed by atoms with Gasteiger partial charge >= 0.3 is 12.1 Å². The van der Waals surface area contributed by atoms with Crippen LogP contribution in [0.2, 0.25) is 0 Å². The van der Waals surface area contributed by atoms with Crippen molar-refractivity contribution >= 4 is 50.9 Å². The van der Waals surface area contributed by atoms with Crippen LogP contribution in [-0.4, -0.2) is 41.2 Å². The van der Waals surface area contributed by atoms with E-state index in [1.807, 2.05) is 0 Å². The Morgan fingerprint density at radius 1 is 0.935 bits per heavy atom. The molecule has 1 aliphatic heterocycles. The first-order chi connectivity index (χ1) is 14.6. The molecule has 0 aromatic heterocycles. The molecule has 1 aliphatic rings. The number of rotatable bonds is 6. The number of amides is 4. The molecule has 0 saturated carbocycles. The molecule has 1 heterocycles. The largest absolute Gasteiger partial charge is 0.471 e. The summed E-state index contributed by atoms with van der Waals surface area (Å²) in [4.78, 5) is 48.9. The number of alkyl halides is 3. The summed E-state index contributed by atoms with van der Waals surface area (Å²) in [6.07, 6.45) is -4.86. The minimum absolute atomic E-state index is 0.0315. The Bertz CT molecular complexity index is 1070. The number of hydrogen-bond acceptors (Lipinski definition) is 4. The molecule has 0 fully saturated rings. The maximum atomic E-state index is 12.4. The van der Waals surface area contributed by atoms with Crippen molar-refractivity contribution in [3.8, 4) is 0 Å². The first-order valence-electron chi connectivity index (χ1n) is 9.00. The topological polar surface area (TPSA) is 95.6 Å². The Labute approximate surface area is 182 Å². The summed E-state index contributed by atoms with van der Waals surface area (Å²) < 4.78 is 37.7. The molecule has 162 valence electrons. The van der Waals surface area contributed by atoms with E-state index in [4.69, 9.17) is 0 Å². The second kappa shape index (κ2) is 8.88. The van der Waals surface area contributed by atoms with E-state index in [0.717, 1.165) is 4.90 Å². The summed E-state index contributed by atoms with van der Waals surface area (Å²) in [5.41, 5.74) is 0.657. The van der Waals surface area contributed by atoms with Gasteiger partial charge in [0.1, 0.15) is 0 Å². The van der Waals surface area contributed by atoms with Crippen molar-refractivity contribution < 1.29 is 32.3 Å². The summed E-state index contributed by atoms with van der Waals surface area (Å²) in [7, 11) is 0. The molecular weight excluding hydrogens is 483 g/mol. The van der Waals surface area contributed by atoms with Gasteiger partial charge in [-0.2, -0.15) is 13.2 Å². The molecule has 2 aromatic carbocycles. The van der Waals surface area contributed by atoms with Gasteiger partial charge in [0.2, 0.25) is 5.91 Å².